The Balaban J connectivity index is 1.01. The summed E-state index contributed by atoms with van der Waals surface area (Å²) < 4.78 is 0. The zero-order valence-electron chi connectivity index (χ0n) is 26.2. The summed E-state index contributed by atoms with van der Waals surface area (Å²) in [6.07, 6.45) is 16.6. The zero-order chi connectivity index (χ0) is 31.2. The molecule has 5 atom stereocenters. The first-order valence-corrected chi connectivity index (χ1v) is 16.8. The molecular weight excluding hydrogens is 574 g/mol. The Bertz CT molecular complexity index is 2030. The highest BCUT2D eigenvalue weighted by atomic mass is 15.3. The van der Waals surface area contributed by atoms with Gasteiger partial charge in [0, 0.05) is 17.0 Å². The standard InChI is InChI=1S/C42H37N5/c1-3-13-27(14-4-1)39-45-40(28-15-5-2-6-16-28)47-42(46-39)32-20-12-18-30(26-32)29-17-11-19-31(25-29)41-43-37-35-23-9-7-21-33(35)34-22-8-10-24-36(34)38(37)44-41/h1-5,7-15,17-19,21-26,32,37,40-43,47H,6,16,20H2,(H,45,46). The average Bonchev–Trinajstić information content (AvgIpc) is 3.62. The van der Waals surface area contributed by atoms with Crippen molar-refractivity contribution in [2.45, 2.75) is 43.8 Å². The van der Waals surface area contributed by atoms with Crippen molar-refractivity contribution in [3.8, 4) is 11.1 Å². The van der Waals surface area contributed by atoms with Gasteiger partial charge in [-0.2, -0.15) is 0 Å². The van der Waals surface area contributed by atoms with Gasteiger partial charge in [0.2, 0.25) is 0 Å². The van der Waals surface area contributed by atoms with Crippen LogP contribution in [0.1, 0.15) is 59.3 Å². The van der Waals surface area contributed by atoms with Crippen molar-refractivity contribution in [1.29, 1.82) is 0 Å². The minimum Gasteiger partial charge on any atom is -0.354 e. The van der Waals surface area contributed by atoms with Gasteiger partial charge in [-0.05, 0) is 64.3 Å². The van der Waals surface area contributed by atoms with E-state index in [1.807, 2.05) is 0 Å². The molecule has 2 aliphatic heterocycles. The molecule has 4 aromatic carbocycles. The second-order valence-corrected chi connectivity index (χ2v) is 12.9. The highest BCUT2D eigenvalue weighted by molar-refractivity contribution is 6.14. The van der Waals surface area contributed by atoms with E-state index in [-0.39, 0.29) is 30.5 Å². The van der Waals surface area contributed by atoms with Crippen LogP contribution in [0.25, 0.3) is 16.7 Å². The van der Waals surface area contributed by atoms with Crippen LogP contribution in [0.4, 0.5) is 0 Å². The number of nitrogens with one attached hydrogen (secondary N) is 3. The van der Waals surface area contributed by atoms with Crippen LogP contribution in [0, 0.1) is 5.92 Å². The lowest BCUT2D eigenvalue weighted by atomic mass is 9.81. The molecule has 47 heavy (non-hydrogen) atoms. The molecule has 0 radical (unpaired) electrons. The van der Waals surface area contributed by atoms with Gasteiger partial charge >= 0.3 is 0 Å². The summed E-state index contributed by atoms with van der Waals surface area (Å²) >= 11 is 0. The summed E-state index contributed by atoms with van der Waals surface area (Å²) in [4.78, 5) is 10.5. The number of hydrogen-bond acceptors (Lipinski definition) is 5. The molecule has 5 heteroatoms. The molecule has 0 spiro atoms. The number of amidine groups is 1. The predicted octanol–water partition coefficient (Wildman–Crippen LogP) is 8.03. The minimum atomic E-state index is -0.108. The van der Waals surface area contributed by atoms with Gasteiger partial charge < -0.3 is 5.32 Å². The SMILES string of the molecule is C1=CCCC(C2N=C(c3ccccc3)NC(C3C=C(c4cccc(C5N=C6c7ccccc7-c7ccccc7C6N5)c4)C=CC3)N2)=C1. The van der Waals surface area contributed by atoms with Gasteiger partial charge in [0.1, 0.15) is 18.2 Å². The fourth-order valence-corrected chi connectivity index (χ4v) is 7.66. The lowest BCUT2D eigenvalue weighted by Crippen LogP contribution is -2.58. The quantitative estimate of drug-likeness (QED) is 0.214. The molecule has 2 heterocycles. The van der Waals surface area contributed by atoms with Crippen LogP contribution < -0.4 is 16.0 Å². The van der Waals surface area contributed by atoms with Gasteiger partial charge in [0.05, 0.1) is 17.9 Å². The lowest BCUT2D eigenvalue weighted by Gasteiger charge is -2.37. The van der Waals surface area contributed by atoms with Crippen molar-refractivity contribution < 1.29 is 0 Å². The average molecular weight is 612 g/mol. The van der Waals surface area contributed by atoms with E-state index in [1.54, 1.807) is 0 Å². The number of hydrogen-bond donors (Lipinski definition) is 3. The molecule has 0 aromatic heterocycles. The molecule has 0 saturated carbocycles. The second-order valence-electron chi connectivity index (χ2n) is 12.9. The van der Waals surface area contributed by atoms with Crippen molar-refractivity contribution in [3.63, 3.8) is 0 Å². The molecule has 5 nitrogen and oxygen atoms in total. The number of benzene rings is 4. The van der Waals surface area contributed by atoms with Crippen molar-refractivity contribution in [2.75, 3.05) is 0 Å². The van der Waals surface area contributed by atoms with Gasteiger partial charge in [0.25, 0.3) is 0 Å². The van der Waals surface area contributed by atoms with E-state index in [2.05, 4.69) is 156 Å². The Labute approximate surface area is 276 Å². The molecule has 0 fully saturated rings. The topological polar surface area (TPSA) is 60.8 Å². The summed E-state index contributed by atoms with van der Waals surface area (Å²) in [7, 11) is 0. The Morgan fingerprint density at radius 3 is 2.36 bits per heavy atom. The molecule has 5 unspecified atom stereocenters. The zero-order valence-corrected chi connectivity index (χ0v) is 26.2. The van der Waals surface area contributed by atoms with E-state index in [1.165, 1.54) is 44.5 Å². The number of aliphatic imine (C=N–C) groups is 2. The predicted molar refractivity (Wildman–Crippen MR) is 192 cm³/mol. The molecule has 3 aliphatic carbocycles. The largest absolute Gasteiger partial charge is 0.354 e. The lowest BCUT2D eigenvalue weighted by molar-refractivity contribution is 0.340. The Morgan fingerprint density at radius 2 is 1.49 bits per heavy atom. The van der Waals surface area contributed by atoms with Crippen LogP contribution >= 0.6 is 0 Å². The Hall–Kier alpha value is -5.10. The van der Waals surface area contributed by atoms with Gasteiger partial charge in [-0.3, -0.25) is 15.6 Å². The van der Waals surface area contributed by atoms with E-state index < -0.39 is 0 Å². The maximum atomic E-state index is 5.31. The maximum absolute atomic E-state index is 5.31. The second kappa shape index (κ2) is 11.9. The number of allylic oxidation sites excluding steroid dienone is 6. The molecular formula is C42H37N5. The van der Waals surface area contributed by atoms with E-state index in [9.17, 15) is 0 Å². The van der Waals surface area contributed by atoms with Crippen LogP contribution in [0.2, 0.25) is 0 Å². The fraction of sp³-hybridized carbons (Fsp3) is 0.190. The van der Waals surface area contributed by atoms with Gasteiger partial charge in [0.15, 0.2) is 0 Å². The molecule has 3 N–H and O–H groups in total. The first kappa shape index (κ1) is 28.1. The monoisotopic (exact) mass is 611 g/mol. The van der Waals surface area contributed by atoms with Crippen molar-refractivity contribution >= 4 is 17.1 Å². The third-order valence-electron chi connectivity index (χ3n) is 10.0. The van der Waals surface area contributed by atoms with E-state index in [0.717, 1.165) is 36.4 Å². The smallest absolute Gasteiger partial charge is 0.131 e. The molecule has 230 valence electrons. The summed E-state index contributed by atoms with van der Waals surface area (Å²) in [6.45, 7) is 0. The van der Waals surface area contributed by atoms with Crippen LogP contribution in [-0.4, -0.2) is 23.9 Å². The van der Waals surface area contributed by atoms with Crippen LogP contribution in [0.3, 0.4) is 0 Å². The number of rotatable bonds is 5. The molecule has 5 aliphatic rings. The maximum Gasteiger partial charge on any atom is 0.131 e. The summed E-state index contributed by atoms with van der Waals surface area (Å²) in [5, 5.41) is 11.5. The highest BCUT2D eigenvalue weighted by Gasteiger charge is 2.37. The molecule has 0 saturated heterocycles. The van der Waals surface area contributed by atoms with Gasteiger partial charge in [-0.25, -0.2) is 4.99 Å². The van der Waals surface area contributed by atoms with Gasteiger partial charge in [-0.15, -0.1) is 0 Å². The fourth-order valence-electron chi connectivity index (χ4n) is 7.66. The molecule has 0 amide bonds. The number of nitrogens with zero attached hydrogens (tertiary/aromatic N) is 2. The van der Waals surface area contributed by atoms with Crippen LogP contribution in [0.5, 0.6) is 0 Å². The minimum absolute atomic E-state index is 0.0427. The van der Waals surface area contributed by atoms with E-state index in [0.29, 0.717) is 0 Å². The highest BCUT2D eigenvalue weighted by Crippen LogP contribution is 2.43. The van der Waals surface area contributed by atoms with Crippen molar-refractivity contribution in [2.24, 2.45) is 15.9 Å². The van der Waals surface area contributed by atoms with Gasteiger partial charge in [-0.1, -0.05) is 134 Å². The third kappa shape index (κ3) is 5.22. The van der Waals surface area contributed by atoms with E-state index in [4.69, 9.17) is 9.98 Å². The molecule has 4 aromatic rings. The Morgan fingerprint density at radius 1 is 0.681 bits per heavy atom. The van der Waals surface area contributed by atoms with Crippen LogP contribution in [-0.2, 0) is 0 Å². The first-order valence-electron chi connectivity index (χ1n) is 16.8. The molecule has 0 bridgehead atoms. The first-order chi connectivity index (χ1) is 23.3. The van der Waals surface area contributed by atoms with Crippen molar-refractivity contribution in [3.05, 3.63) is 173 Å². The Kier molecular flexibility index (Phi) is 7.14. The summed E-state index contributed by atoms with van der Waals surface area (Å²) in [5.74, 6) is 1.22. The van der Waals surface area contributed by atoms with Crippen LogP contribution in [0.15, 0.2) is 155 Å². The van der Waals surface area contributed by atoms with E-state index >= 15 is 0 Å². The normalized spacial score (nSPS) is 25.7. The third-order valence-corrected chi connectivity index (χ3v) is 10.0. The van der Waals surface area contributed by atoms with Crippen molar-refractivity contribution in [1.82, 2.24) is 16.0 Å². The molecule has 9 rings (SSSR count). The summed E-state index contributed by atoms with van der Waals surface area (Å²) in [6, 6.07) is 36.9. The number of fused-ring (bicyclic) bond motifs is 6. The summed E-state index contributed by atoms with van der Waals surface area (Å²) in [5.41, 5.74) is 12.3.